The first-order valence-corrected chi connectivity index (χ1v) is 7.90. The fourth-order valence-electron chi connectivity index (χ4n) is 3.07. The number of rotatable bonds is 3. The van der Waals surface area contributed by atoms with E-state index in [0.29, 0.717) is 5.78 Å². The van der Waals surface area contributed by atoms with Crippen LogP contribution in [0.3, 0.4) is 0 Å². The van der Waals surface area contributed by atoms with Crippen LogP contribution < -0.4 is 0 Å². The van der Waals surface area contributed by atoms with Crippen molar-refractivity contribution in [3.05, 3.63) is 18.5 Å². The summed E-state index contributed by atoms with van der Waals surface area (Å²) in [6.45, 7) is 8.08. The monoisotopic (exact) mass is 282 g/mol. The number of thioether (sulfide) groups is 2. The highest BCUT2D eigenvalue weighted by molar-refractivity contribution is 8.18. The molecule has 1 fully saturated rings. The number of hydrogen-bond donors (Lipinski definition) is 0. The SMILES string of the molecule is CSC1(Sc2ncccn2)C(C)(C)C(=O)C1(C)C. The molecule has 1 heterocycles. The van der Waals surface area contributed by atoms with E-state index in [1.807, 2.05) is 27.7 Å². The standard InChI is InChI=1S/C13H18N2OS2/c1-11(2)9(16)12(3,4)13(11,17-5)18-10-14-7-6-8-15-10/h6-8H,1-5H3. The lowest BCUT2D eigenvalue weighted by Crippen LogP contribution is -2.70. The molecule has 0 amide bonds. The second-order valence-electron chi connectivity index (χ2n) is 5.53. The summed E-state index contributed by atoms with van der Waals surface area (Å²) in [7, 11) is 0. The number of ketones is 1. The molecule has 0 aromatic carbocycles. The summed E-state index contributed by atoms with van der Waals surface area (Å²) in [5.74, 6) is 0.313. The van der Waals surface area contributed by atoms with Crippen LogP contribution in [0.1, 0.15) is 27.7 Å². The number of aromatic nitrogens is 2. The van der Waals surface area contributed by atoms with Crippen molar-refractivity contribution in [2.45, 2.75) is 36.9 Å². The minimum atomic E-state index is -0.361. The molecule has 0 spiro atoms. The average molecular weight is 282 g/mol. The summed E-state index contributed by atoms with van der Waals surface area (Å²) in [5, 5.41) is 0.737. The Hall–Kier alpha value is -0.550. The van der Waals surface area contributed by atoms with E-state index >= 15 is 0 Å². The van der Waals surface area contributed by atoms with Gasteiger partial charge in [0.1, 0.15) is 5.78 Å². The third kappa shape index (κ3) is 1.56. The van der Waals surface area contributed by atoms with Crippen LogP contribution in [0.25, 0.3) is 0 Å². The number of Topliss-reactive ketones (excluding diaryl/α,β-unsaturated/α-hetero) is 1. The van der Waals surface area contributed by atoms with E-state index in [1.54, 1.807) is 42.0 Å². The number of hydrogen-bond acceptors (Lipinski definition) is 5. The summed E-state index contributed by atoms with van der Waals surface area (Å²) in [4.78, 5) is 20.9. The Kier molecular flexibility index (Phi) is 3.26. The quantitative estimate of drug-likeness (QED) is 0.629. The fraction of sp³-hybridized carbons (Fsp3) is 0.615. The minimum Gasteiger partial charge on any atom is -0.298 e. The predicted molar refractivity (Wildman–Crippen MR) is 76.7 cm³/mol. The van der Waals surface area contributed by atoms with Crippen molar-refractivity contribution in [1.29, 1.82) is 0 Å². The van der Waals surface area contributed by atoms with Crippen molar-refractivity contribution in [1.82, 2.24) is 9.97 Å². The van der Waals surface area contributed by atoms with Crippen LogP contribution >= 0.6 is 23.5 Å². The van der Waals surface area contributed by atoms with Crippen molar-refractivity contribution >= 4 is 29.3 Å². The fourth-order valence-corrected chi connectivity index (χ4v) is 6.02. The molecular formula is C13H18N2OS2. The van der Waals surface area contributed by atoms with Gasteiger partial charge in [0.05, 0.1) is 4.08 Å². The van der Waals surface area contributed by atoms with Crippen LogP contribution in [-0.2, 0) is 4.79 Å². The Morgan fingerprint density at radius 3 is 2.00 bits per heavy atom. The van der Waals surface area contributed by atoms with Crippen molar-refractivity contribution in [2.75, 3.05) is 6.26 Å². The van der Waals surface area contributed by atoms with E-state index < -0.39 is 0 Å². The number of carbonyl (C=O) groups is 1. The van der Waals surface area contributed by atoms with Crippen LogP contribution in [0.5, 0.6) is 0 Å². The van der Waals surface area contributed by atoms with E-state index in [4.69, 9.17) is 0 Å². The lowest BCUT2D eigenvalue weighted by molar-refractivity contribution is -0.152. The van der Waals surface area contributed by atoms with E-state index in [1.165, 1.54) is 0 Å². The molecule has 18 heavy (non-hydrogen) atoms. The summed E-state index contributed by atoms with van der Waals surface area (Å²) < 4.78 is -0.210. The molecule has 3 nitrogen and oxygen atoms in total. The molecule has 1 saturated carbocycles. The molecule has 0 radical (unpaired) electrons. The number of carbonyl (C=O) groups excluding carboxylic acids is 1. The first-order chi connectivity index (χ1) is 8.29. The van der Waals surface area contributed by atoms with Gasteiger partial charge in [0.2, 0.25) is 0 Å². The van der Waals surface area contributed by atoms with Crippen molar-refractivity contribution in [3.63, 3.8) is 0 Å². The average Bonchev–Trinajstić information content (AvgIpc) is 2.35. The highest BCUT2D eigenvalue weighted by Gasteiger charge is 2.73. The molecule has 5 heteroatoms. The normalized spacial score (nSPS) is 23.5. The minimum absolute atomic E-state index is 0.210. The molecule has 0 unspecified atom stereocenters. The first kappa shape index (κ1) is 13.9. The zero-order valence-electron chi connectivity index (χ0n) is 11.4. The lowest BCUT2D eigenvalue weighted by Gasteiger charge is -2.63. The van der Waals surface area contributed by atoms with Gasteiger partial charge in [-0.3, -0.25) is 4.79 Å². The van der Waals surface area contributed by atoms with Crippen LogP contribution in [0.2, 0.25) is 0 Å². The maximum Gasteiger partial charge on any atom is 0.188 e. The van der Waals surface area contributed by atoms with E-state index in [2.05, 4.69) is 16.2 Å². The van der Waals surface area contributed by atoms with Gasteiger partial charge in [-0.25, -0.2) is 9.97 Å². The highest BCUT2D eigenvalue weighted by atomic mass is 32.2. The molecular weight excluding hydrogens is 264 g/mol. The topological polar surface area (TPSA) is 42.9 Å². The molecule has 98 valence electrons. The maximum atomic E-state index is 12.3. The van der Waals surface area contributed by atoms with E-state index in [9.17, 15) is 4.79 Å². The second kappa shape index (κ2) is 4.23. The molecule has 0 aliphatic heterocycles. The maximum absolute atomic E-state index is 12.3. The second-order valence-corrected chi connectivity index (χ2v) is 7.99. The van der Waals surface area contributed by atoms with Gasteiger partial charge in [-0.05, 0) is 12.3 Å². The number of nitrogens with zero attached hydrogens (tertiary/aromatic N) is 2. The van der Waals surface area contributed by atoms with E-state index in [-0.39, 0.29) is 14.9 Å². The van der Waals surface area contributed by atoms with E-state index in [0.717, 1.165) is 5.16 Å². The largest absolute Gasteiger partial charge is 0.298 e. The first-order valence-electron chi connectivity index (χ1n) is 5.86. The summed E-state index contributed by atoms with van der Waals surface area (Å²) in [5.41, 5.74) is -0.723. The predicted octanol–water partition coefficient (Wildman–Crippen LogP) is 3.26. The molecule has 0 saturated heterocycles. The summed E-state index contributed by atoms with van der Waals surface area (Å²) in [6.07, 6.45) is 5.54. The molecule has 0 bridgehead atoms. The Morgan fingerprint density at radius 2 is 1.56 bits per heavy atom. The lowest BCUT2D eigenvalue weighted by atomic mass is 9.53. The van der Waals surface area contributed by atoms with Crippen molar-refractivity contribution in [2.24, 2.45) is 10.8 Å². The van der Waals surface area contributed by atoms with Crippen LogP contribution in [0.15, 0.2) is 23.6 Å². The molecule has 2 rings (SSSR count). The smallest absolute Gasteiger partial charge is 0.188 e. The third-order valence-electron chi connectivity index (χ3n) is 3.85. The van der Waals surface area contributed by atoms with Gasteiger partial charge in [-0.2, -0.15) is 0 Å². The van der Waals surface area contributed by atoms with Gasteiger partial charge in [-0.1, -0.05) is 39.5 Å². The zero-order chi connectivity index (χ0) is 13.6. The molecule has 0 N–H and O–H groups in total. The summed E-state index contributed by atoms with van der Waals surface area (Å²) in [6, 6.07) is 1.80. The zero-order valence-corrected chi connectivity index (χ0v) is 13.0. The van der Waals surface area contributed by atoms with Gasteiger partial charge in [-0.15, -0.1) is 11.8 Å². The molecule has 1 aliphatic rings. The Labute approximate surface area is 117 Å². The Balaban J connectivity index is 2.40. The van der Waals surface area contributed by atoms with Crippen LogP contribution in [0.4, 0.5) is 0 Å². The van der Waals surface area contributed by atoms with Gasteiger partial charge in [0.25, 0.3) is 0 Å². The Morgan fingerprint density at radius 1 is 1.06 bits per heavy atom. The van der Waals surface area contributed by atoms with Crippen LogP contribution in [-0.4, -0.2) is 26.1 Å². The summed E-state index contributed by atoms with van der Waals surface area (Å²) >= 11 is 3.35. The van der Waals surface area contributed by atoms with Gasteiger partial charge < -0.3 is 0 Å². The van der Waals surface area contributed by atoms with Crippen LogP contribution in [0, 0.1) is 10.8 Å². The molecule has 0 atom stereocenters. The Bertz CT molecular complexity index is 453. The van der Waals surface area contributed by atoms with Gasteiger partial charge >= 0.3 is 0 Å². The highest BCUT2D eigenvalue weighted by Crippen LogP contribution is 2.70. The van der Waals surface area contributed by atoms with Crippen molar-refractivity contribution < 1.29 is 4.79 Å². The molecule has 1 aromatic heterocycles. The third-order valence-corrected chi connectivity index (χ3v) is 7.89. The molecule has 1 aliphatic carbocycles. The van der Waals surface area contributed by atoms with Crippen molar-refractivity contribution in [3.8, 4) is 0 Å². The molecule has 1 aromatic rings. The van der Waals surface area contributed by atoms with Gasteiger partial charge in [0.15, 0.2) is 5.16 Å². The van der Waals surface area contributed by atoms with Gasteiger partial charge in [0, 0.05) is 23.2 Å².